The van der Waals surface area contributed by atoms with E-state index in [2.05, 4.69) is 36.3 Å². The molecule has 0 aliphatic carbocycles. The molecule has 0 aliphatic rings. The summed E-state index contributed by atoms with van der Waals surface area (Å²) in [6.45, 7) is 8.06. The molecule has 2 N–H and O–H groups in total. The van der Waals surface area contributed by atoms with Gasteiger partial charge in [-0.3, -0.25) is 0 Å². The molecule has 0 aromatic heterocycles. The summed E-state index contributed by atoms with van der Waals surface area (Å²) >= 11 is 0. The van der Waals surface area contributed by atoms with Gasteiger partial charge < -0.3 is 5.84 Å². The molecule has 58 valence electrons. The van der Waals surface area contributed by atoms with Crippen molar-refractivity contribution in [2.45, 2.75) is 27.7 Å². The monoisotopic (exact) mass is 142 g/mol. The van der Waals surface area contributed by atoms with E-state index in [-0.39, 0.29) is 5.41 Å². The van der Waals surface area contributed by atoms with Crippen molar-refractivity contribution < 1.29 is 0 Å². The summed E-state index contributed by atoms with van der Waals surface area (Å²) in [6, 6.07) is 0. The number of hydrogen-bond acceptors (Lipinski definition) is 2. The molecule has 0 aliphatic heterocycles. The highest BCUT2D eigenvalue weighted by Crippen LogP contribution is 2.15. The first-order valence-corrected chi connectivity index (χ1v) is 3.13. The lowest BCUT2D eigenvalue weighted by Crippen LogP contribution is -2.16. The maximum absolute atomic E-state index is 4.77. The van der Waals surface area contributed by atoms with Crippen LogP contribution in [-0.4, -0.2) is 5.71 Å². The van der Waals surface area contributed by atoms with E-state index in [0.717, 1.165) is 5.71 Å². The summed E-state index contributed by atoms with van der Waals surface area (Å²) in [7, 11) is 0. The molecule has 0 spiro atoms. The normalized spacial score (nSPS) is 14.6. The van der Waals surface area contributed by atoms with Crippen molar-refractivity contribution in [3.05, 3.63) is 0 Å². The highest BCUT2D eigenvalue weighted by atomic mass is 15.5. The van der Waals surface area contributed by atoms with Gasteiger partial charge in [0.05, 0.1) is 0 Å². The van der Waals surface area contributed by atoms with Gasteiger partial charge in [-0.2, -0.15) is 0 Å². The van der Waals surface area contributed by atoms with Gasteiger partial charge in [0.15, 0.2) is 0 Å². The van der Waals surface area contributed by atoms with Crippen molar-refractivity contribution in [2.24, 2.45) is 26.8 Å². The molecule has 0 amide bonds. The minimum absolute atomic E-state index is 0.0498. The van der Waals surface area contributed by atoms with Crippen LogP contribution in [0.2, 0.25) is 0 Å². The lowest BCUT2D eigenvalue weighted by Gasteiger charge is -2.15. The molecule has 0 saturated heterocycles. The molecular formula is C6H14N4. The first kappa shape index (κ1) is 9.07. The maximum Gasteiger partial charge on any atom is 0.0447 e. The second-order valence-electron chi connectivity index (χ2n) is 3.14. The molecular weight excluding hydrogens is 128 g/mol. The Bertz CT molecular complexity index is 152. The molecule has 0 unspecified atom stereocenters. The minimum Gasteiger partial charge on any atom is -0.303 e. The Balaban J connectivity index is 4.20. The number of hydrogen-bond donors (Lipinski definition) is 1. The Morgan fingerprint density at radius 1 is 1.30 bits per heavy atom. The van der Waals surface area contributed by atoms with Crippen LogP contribution in [-0.2, 0) is 0 Å². The summed E-state index contributed by atoms with van der Waals surface area (Å²) in [5.41, 5.74) is 0.968. The maximum atomic E-state index is 4.77. The fourth-order valence-electron chi connectivity index (χ4n) is 0.243. The van der Waals surface area contributed by atoms with E-state index in [0.29, 0.717) is 0 Å². The quantitative estimate of drug-likeness (QED) is 0.258. The van der Waals surface area contributed by atoms with Crippen LogP contribution < -0.4 is 5.84 Å². The molecule has 0 radical (unpaired) electrons. The summed E-state index contributed by atoms with van der Waals surface area (Å²) < 4.78 is 0. The van der Waals surface area contributed by atoms with Crippen molar-refractivity contribution in [3.8, 4) is 0 Å². The van der Waals surface area contributed by atoms with E-state index in [4.69, 9.17) is 5.84 Å². The van der Waals surface area contributed by atoms with E-state index in [1.165, 1.54) is 0 Å². The molecule has 4 heteroatoms. The topological polar surface area (TPSA) is 63.1 Å². The van der Waals surface area contributed by atoms with Gasteiger partial charge in [-0.25, -0.2) is 0 Å². The van der Waals surface area contributed by atoms with Crippen molar-refractivity contribution in [3.63, 3.8) is 0 Å². The molecule has 0 fully saturated rings. The fraction of sp³-hybridized carbons (Fsp3) is 0.833. The Morgan fingerprint density at radius 3 is 2.10 bits per heavy atom. The Labute approximate surface area is 61.2 Å². The standard InChI is InChI=1S/C6H14N4/c1-5(6(2,3)4)8-10-9-7/h1-4H3,(H2,7,10)/b8-5+. The predicted octanol–water partition coefficient (Wildman–Crippen LogP) is 1.73. The average molecular weight is 142 g/mol. The molecule has 0 rings (SSSR count). The van der Waals surface area contributed by atoms with Crippen LogP contribution in [0.25, 0.3) is 0 Å². The zero-order valence-electron chi connectivity index (χ0n) is 6.92. The van der Waals surface area contributed by atoms with Gasteiger partial charge in [0, 0.05) is 11.1 Å². The third kappa shape index (κ3) is 3.17. The lowest BCUT2D eigenvalue weighted by molar-refractivity contribution is 0.584. The predicted molar refractivity (Wildman–Crippen MR) is 41.6 cm³/mol. The number of nitrogens with zero attached hydrogens (tertiary/aromatic N) is 3. The van der Waals surface area contributed by atoms with Crippen molar-refractivity contribution in [1.82, 2.24) is 0 Å². The first-order chi connectivity index (χ1) is 4.48. The second-order valence-corrected chi connectivity index (χ2v) is 3.14. The summed E-state index contributed by atoms with van der Waals surface area (Å²) in [6.07, 6.45) is 0. The molecule has 0 aromatic rings. The Kier molecular flexibility index (Phi) is 2.99. The zero-order chi connectivity index (χ0) is 8.20. The van der Waals surface area contributed by atoms with Gasteiger partial charge in [-0.05, 0) is 12.1 Å². The van der Waals surface area contributed by atoms with Crippen molar-refractivity contribution in [1.29, 1.82) is 0 Å². The number of nitrogens with two attached hydrogens (primary N) is 1. The minimum atomic E-state index is 0.0498. The lowest BCUT2D eigenvalue weighted by atomic mass is 9.91. The average Bonchev–Trinajstić information content (AvgIpc) is 1.80. The van der Waals surface area contributed by atoms with Gasteiger partial charge in [0.2, 0.25) is 0 Å². The molecule has 0 saturated carbocycles. The van der Waals surface area contributed by atoms with Gasteiger partial charge in [0.25, 0.3) is 0 Å². The van der Waals surface area contributed by atoms with Crippen LogP contribution in [0.3, 0.4) is 0 Å². The van der Waals surface area contributed by atoms with Gasteiger partial charge in [0.1, 0.15) is 0 Å². The van der Waals surface area contributed by atoms with Crippen LogP contribution in [0, 0.1) is 5.41 Å². The van der Waals surface area contributed by atoms with Crippen molar-refractivity contribution in [2.75, 3.05) is 0 Å². The van der Waals surface area contributed by atoms with Crippen LogP contribution in [0.15, 0.2) is 15.5 Å². The fourth-order valence-corrected chi connectivity index (χ4v) is 0.243. The first-order valence-electron chi connectivity index (χ1n) is 3.13. The molecule has 10 heavy (non-hydrogen) atoms. The summed E-state index contributed by atoms with van der Waals surface area (Å²) in [5, 5.41) is 10.1. The van der Waals surface area contributed by atoms with E-state index in [9.17, 15) is 0 Å². The molecule has 4 nitrogen and oxygen atoms in total. The van der Waals surface area contributed by atoms with Gasteiger partial charge in [-0.1, -0.05) is 26.0 Å². The van der Waals surface area contributed by atoms with Gasteiger partial charge in [-0.15, -0.1) is 5.10 Å². The highest BCUT2D eigenvalue weighted by molar-refractivity contribution is 5.86. The van der Waals surface area contributed by atoms with Crippen LogP contribution in [0.1, 0.15) is 27.7 Å². The van der Waals surface area contributed by atoms with Crippen LogP contribution in [0.4, 0.5) is 0 Å². The third-order valence-electron chi connectivity index (χ3n) is 1.33. The van der Waals surface area contributed by atoms with Crippen LogP contribution in [0.5, 0.6) is 0 Å². The largest absolute Gasteiger partial charge is 0.303 e. The summed E-state index contributed by atoms with van der Waals surface area (Å²) in [5.74, 6) is 4.77. The molecule has 0 bridgehead atoms. The number of rotatable bonds is 1. The third-order valence-corrected chi connectivity index (χ3v) is 1.33. The molecule has 0 atom stereocenters. The Hall–Kier alpha value is -0.930. The second kappa shape index (κ2) is 3.29. The Morgan fingerprint density at radius 2 is 1.80 bits per heavy atom. The van der Waals surface area contributed by atoms with Crippen LogP contribution >= 0.6 is 0 Å². The molecule has 0 heterocycles. The summed E-state index contributed by atoms with van der Waals surface area (Å²) in [4.78, 5) is 0. The van der Waals surface area contributed by atoms with E-state index >= 15 is 0 Å². The van der Waals surface area contributed by atoms with Gasteiger partial charge >= 0.3 is 0 Å². The zero-order valence-corrected chi connectivity index (χ0v) is 6.92. The van der Waals surface area contributed by atoms with E-state index < -0.39 is 0 Å². The highest BCUT2D eigenvalue weighted by Gasteiger charge is 2.13. The molecule has 0 aromatic carbocycles. The SMILES string of the molecule is C/C(=N\N=N/N)C(C)(C)C. The van der Waals surface area contributed by atoms with Crippen molar-refractivity contribution >= 4 is 5.71 Å². The van der Waals surface area contributed by atoms with E-state index in [1.807, 2.05) is 6.92 Å². The van der Waals surface area contributed by atoms with E-state index in [1.54, 1.807) is 0 Å². The smallest absolute Gasteiger partial charge is 0.0447 e.